The van der Waals surface area contributed by atoms with Crippen LogP contribution in [-0.4, -0.2) is 29.3 Å². The lowest BCUT2D eigenvalue weighted by Crippen LogP contribution is -2.36. The molecule has 0 bridgehead atoms. The molecule has 1 aromatic rings. The van der Waals surface area contributed by atoms with Gasteiger partial charge in [0.1, 0.15) is 6.04 Å². The van der Waals surface area contributed by atoms with E-state index >= 15 is 0 Å². The van der Waals surface area contributed by atoms with Gasteiger partial charge in [-0.3, -0.25) is 4.79 Å². The summed E-state index contributed by atoms with van der Waals surface area (Å²) in [7, 11) is 0. The Morgan fingerprint density at radius 3 is 2.89 bits per heavy atom. The average molecular weight is 278 g/mol. The highest BCUT2D eigenvalue weighted by molar-refractivity contribution is 7.98. The molecule has 1 rings (SSSR count). The van der Waals surface area contributed by atoms with Crippen LogP contribution in [0.5, 0.6) is 0 Å². The number of carboxylic acid groups (broad SMARTS) is 1. The smallest absolute Gasteiger partial charge is 0.326 e. The lowest BCUT2D eigenvalue weighted by atomic mass is 10.1. The van der Waals surface area contributed by atoms with Gasteiger partial charge in [-0.1, -0.05) is 18.2 Å². The Balaban J connectivity index is 2.40. The summed E-state index contributed by atoms with van der Waals surface area (Å²) in [6.07, 6.45) is 0.752. The Hall–Kier alpha value is -2.00. The second-order valence-electron chi connectivity index (χ2n) is 3.79. The Bertz CT molecular complexity index is 485. The zero-order valence-corrected chi connectivity index (χ0v) is 11.0. The minimum Gasteiger partial charge on any atom is -0.480 e. The first kappa shape index (κ1) is 15.1. The summed E-state index contributed by atoms with van der Waals surface area (Å²) in [5.74, 6) is 0.208. The molecule has 0 aliphatic rings. The van der Waals surface area contributed by atoms with E-state index in [-0.39, 0.29) is 0 Å². The van der Waals surface area contributed by atoms with Crippen LogP contribution in [0.1, 0.15) is 17.5 Å². The monoisotopic (exact) mass is 278 g/mol. The second-order valence-corrected chi connectivity index (χ2v) is 4.89. The number of carboxylic acids is 1. The largest absolute Gasteiger partial charge is 0.480 e. The van der Waals surface area contributed by atoms with Gasteiger partial charge >= 0.3 is 5.97 Å². The fraction of sp³-hybridized carbons (Fsp3) is 0.308. The third-order valence-electron chi connectivity index (χ3n) is 2.51. The van der Waals surface area contributed by atoms with Crippen molar-refractivity contribution in [1.82, 2.24) is 5.32 Å². The highest BCUT2D eigenvalue weighted by atomic mass is 32.2. The second kappa shape index (κ2) is 8.16. The molecule has 6 heteroatoms. The number of thioether (sulfide) groups is 1. The van der Waals surface area contributed by atoms with Gasteiger partial charge < -0.3 is 10.4 Å². The van der Waals surface area contributed by atoms with Gasteiger partial charge in [-0.15, -0.1) is 0 Å². The minimum atomic E-state index is -1.04. The Morgan fingerprint density at radius 2 is 2.26 bits per heavy atom. The predicted octanol–water partition coefficient (Wildman–Crippen LogP) is 1.38. The van der Waals surface area contributed by atoms with Crippen LogP contribution in [0.15, 0.2) is 24.3 Å². The number of benzene rings is 1. The quantitative estimate of drug-likeness (QED) is 0.554. The molecule has 2 N–H and O–H groups in total. The van der Waals surface area contributed by atoms with Crippen molar-refractivity contribution in [3.63, 3.8) is 0 Å². The molecule has 1 amide bonds. The lowest BCUT2D eigenvalue weighted by Gasteiger charge is -2.10. The number of nitrogens with zero attached hydrogens (tertiary/aromatic N) is 1. The van der Waals surface area contributed by atoms with E-state index in [4.69, 9.17) is 10.4 Å². The molecule has 0 aliphatic heterocycles. The van der Waals surface area contributed by atoms with Gasteiger partial charge in [-0.2, -0.15) is 17.0 Å². The SMILES string of the molecule is N#Cc1ccccc1CSCCC(NC=O)C(=O)O. The van der Waals surface area contributed by atoms with Crippen LogP contribution in [0.4, 0.5) is 0 Å². The zero-order chi connectivity index (χ0) is 14.1. The maximum atomic E-state index is 10.8. The summed E-state index contributed by atoms with van der Waals surface area (Å²) in [6, 6.07) is 8.57. The first-order chi connectivity index (χ1) is 9.19. The first-order valence-corrected chi connectivity index (χ1v) is 6.82. The predicted molar refractivity (Wildman–Crippen MR) is 72.6 cm³/mol. The van der Waals surface area contributed by atoms with Crippen LogP contribution in [0.2, 0.25) is 0 Å². The van der Waals surface area contributed by atoms with Crippen LogP contribution in [-0.2, 0) is 15.3 Å². The van der Waals surface area contributed by atoms with E-state index in [1.807, 2.05) is 12.1 Å². The maximum absolute atomic E-state index is 10.8. The normalized spacial score (nSPS) is 11.3. The van der Waals surface area contributed by atoms with Crippen LogP contribution in [0.3, 0.4) is 0 Å². The third-order valence-corrected chi connectivity index (χ3v) is 3.55. The molecule has 100 valence electrons. The number of nitrogens with one attached hydrogen (secondary N) is 1. The van der Waals surface area contributed by atoms with E-state index in [2.05, 4.69) is 11.4 Å². The van der Waals surface area contributed by atoms with Gasteiger partial charge in [0, 0.05) is 5.75 Å². The van der Waals surface area contributed by atoms with Crippen molar-refractivity contribution in [2.24, 2.45) is 0 Å². The molecule has 5 nitrogen and oxygen atoms in total. The zero-order valence-electron chi connectivity index (χ0n) is 10.2. The molecule has 0 fully saturated rings. The van der Waals surface area contributed by atoms with Crippen molar-refractivity contribution in [2.45, 2.75) is 18.2 Å². The fourth-order valence-corrected chi connectivity index (χ4v) is 2.52. The number of amides is 1. The minimum absolute atomic E-state index is 0.355. The highest BCUT2D eigenvalue weighted by Gasteiger charge is 2.15. The third kappa shape index (κ3) is 5.02. The molecule has 0 spiro atoms. The first-order valence-electron chi connectivity index (χ1n) is 5.67. The molecule has 1 aromatic carbocycles. The van der Waals surface area contributed by atoms with Gasteiger partial charge in [0.05, 0.1) is 11.6 Å². The summed E-state index contributed by atoms with van der Waals surface area (Å²) >= 11 is 1.54. The van der Waals surface area contributed by atoms with Crippen LogP contribution in [0.25, 0.3) is 0 Å². The summed E-state index contributed by atoms with van der Waals surface area (Å²) in [4.78, 5) is 21.0. The molecule has 0 radical (unpaired) electrons. The fourth-order valence-electron chi connectivity index (χ4n) is 1.50. The topological polar surface area (TPSA) is 90.2 Å². The summed E-state index contributed by atoms with van der Waals surface area (Å²) in [6.45, 7) is 0. The van der Waals surface area contributed by atoms with Gasteiger partial charge in [-0.05, 0) is 23.8 Å². The van der Waals surface area contributed by atoms with Crippen molar-refractivity contribution >= 4 is 24.1 Å². The summed E-state index contributed by atoms with van der Waals surface area (Å²) in [5.41, 5.74) is 1.57. The van der Waals surface area contributed by atoms with E-state index < -0.39 is 12.0 Å². The van der Waals surface area contributed by atoms with Crippen LogP contribution in [0, 0.1) is 11.3 Å². The molecule has 0 aromatic heterocycles. The van der Waals surface area contributed by atoms with Crippen LogP contribution < -0.4 is 5.32 Å². The van der Waals surface area contributed by atoms with Crippen LogP contribution >= 0.6 is 11.8 Å². The molecule has 1 atom stereocenters. The number of hydrogen-bond donors (Lipinski definition) is 2. The average Bonchev–Trinajstić information content (AvgIpc) is 2.42. The Labute approximate surface area is 115 Å². The molecule has 1 unspecified atom stereocenters. The number of aliphatic carboxylic acids is 1. The van der Waals surface area contributed by atoms with Crippen molar-refractivity contribution in [3.05, 3.63) is 35.4 Å². The van der Waals surface area contributed by atoms with Gasteiger partial charge in [0.25, 0.3) is 0 Å². The number of carbonyl (C=O) groups is 2. The number of carbonyl (C=O) groups excluding carboxylic acids is 1. The maximum Gasteiger partial charge on any atom is 0.326 e. The molecular weight excluding hydrogens is 264 g/mol. The number of nitriles is 1. The molecule has 19 heavy (non-hydrogen) atoms. The summed E-state index contributed by atoms with van der Waals surface area (Å²) in [5, 5.41) is 20.0. The van der Waals surface area contributed by atoms with Crippen molar-refractivity contribution in [1.29, 1.82) is 5.26 Å². The van der Waals surface area contributed by atoms with E-state index in [1.165, 1.54) is 11.8 Å². The standard InChI is InChI=1S/C13H14N2O3S/c14-7-10-3-1-2-4-11(10)8-19-6-5-12(13(17)18)15-9-16/h1-4,9,12H,5-6,8H2,(H,15,16)(H,17,18). The number of hydrogen-bond acceptors (Lipinski definition) is 4. The van der Waals surface area contributed by atoms with E-state index in [0.717, 1.165) is 5.56 Å². The van der Waals surface area contributed by atoms with E-state index in [9.17, 15) is 9.59 Å². The van der Waals surface area contributed by atoms with E-state index in [1.54, 1.807) is 12.1 Å². The van der Waals surface area contributed by atoms with Crippen molar-refractivity contribution in [3.8, 4) is 6.07 Å². The van der Waals surface area contributed by atoms with Gasteiger partial charge in [0.15, 0.2) is 0 Å². The van der Waals surface area contributed by atoms with Crippen molar-refractivity contribution < 1.29 is 14.7 Å². The summed E-state index contributed by atoms with van der Waals surface area (Å²) < 4.78 is 0. The molecule has 0 aliphatic carbocycles. The molecular formula is C13H14N2O3S. The molecule has 0 heterocycles. The molecule has 0 saturated heterocycles. The van der Waals surface area contributed by atoms with E-state index in [0.29, 0.717) is 29.9 Å². The lowest BCUT2D eigenvalue weighted by molar-refractivity contribution is -0.140. The number of rotatable bonds is 8. The van der Waals surface area contributed by atoms with Gasteiger partial charge in [0.2, 0.25) is 6.41 Å². The highest BCUT2D eigenvalue weighted by Crippen LogP contribution is 2.17. The van der Waals surface area contributed by atoms with Crippen molar-refractivity contribution in [2.75, 3.05) is 5.75 Å². The molecule has 0 saturated carbocycles. The Kier molecular flexibility index (Phi) is 6.47. The van der Waals surface area contributed by atoms with Gasteiger partial charge in [-0.25, -0.2) is 4.79 Å². The Morgan fingerprint density at radius 1 is 1.53 bits per heavy atom.